The Kier molecular flexibility index (Phi) is 7.40. The Bertz CT molecular complexity index is 982. The van der Waals surface area contributed by atoms with Crippen molar-refractivity contribution < 1.29 is 19.8 Å². The molecule has 3 N–H and O–H groups in total. The molecule has 2 aromatic rings. The lowest BCUT2D eigenvalue weighted by atomic mass is 9.89. The molecule has 1 atom stereocenters. The van der Waals surface area contributed by atoms with Crippen LogP contribution in [0.1, 0.15) is 53.9 Å². The van der Waals surface area contributed by atoms with Gasteiger partial charge in [-0.25, -0.2) is 0 Å². The van der Waals surface area contributed by atoms with Crippen LogP contribution in [0.25, 0.3) is 0 Å². The fraction of sp³-hybridized carbons (Fsp3) is 0.440. The third-order valence-electron chi connectivity index (χ3n) is 6.54. The monoisotopic (exact) mass is 471 g/mol. The molecule has 0 saturated carbocycles. The van der Waals surface area contributed by atoms with Gasteiger partial charge < -0.3 is 25.3 Å². The molecule has 176 valence electrons. The summed E-state index contributed by atoms with van der Waals surface area (Å²) in [6.45, 7) is 4.75. The normalized spacial score (nSPS) is 19.5. The van der Waals surface area contributed by atoms with Crippen molar-refractivity contribution in [1.29, 1.82) is 0 Å². The van der Waals surface area contributed by atoms with E-state index in [4.69, 9.17) is 11.6 Å². The van der Waals surface area contributed by atoms with Crippen LogP contribution >= 0.6 is 11.6 Å². The Morgan fingerprint density at radius 3 is 2.30 bits per heavy atom. The molecule has 2 aliphatic rings. The molecular formula is C25H30ClN3O4. The van der Waals surface area contributed by atoms with Gasteiger partial charge in [0, 0.05) is 42.4 Å². The summed E-state index contributed by atoms with van der Waals surface area (Å²) in [5.74, 6) is -1.15. The van der Waals surface area contributed by atoms with Crippen molar-refractivity contribution in [2.45, 2.75) is 38.0 Å². The van der Waals surface area contributed by atoms with Gasteiger partial charge in [-0.1, -0.05) is 30.2 Å². The first kappa shape index (κ1) is 23.4. The number of benzene rings is 2. The van der Waals surface area contributed by atoms with Gasteiger partial charge in [-0.3, -0.25) is 9.59 Å². The second-order valence-corrected chi connectivity index (χ2v) is 9.25. The van der Waals surface area contributed by atoms with E-state index in [-0.39, 0.29) is 34.0 Å². The Labute approximate surface area is 199 Å². The number of hydrogen-bond donors (Lipinski definition) is 3. The van der Waals surface area contributed by atoms with E-state index in [2.05, 4.69) is 10.2 Å². The zero-order valence-electron chi connectivity index (χ0n) is 18.6. The first-order valence-corrected chi connectivity index (χ1v) is 11.9. The Balaban J connectivity index is 1.38. The molecule has 0 spiro atoms. The van der Waals surface area contributed by atoms with Crippen molar-refractivity contribution in [3.8, 4) is 11.5 Å². The minimum atomic E-state index is -0.479. The van der Waals surface area contributed by atoms with Gasteiger partial charge in [-0.15, -0.1) is 0 Å². The number of phenols is 2. The van der Waals surface area contributed by atoms with E-state index in [1.807, 2.05) is 17.0 Å². The number of anilines is 1. The molecule has 33 heavy (non-hydrogen) atoms. The molecule has 2 aromatic carbocycles. The van der Waals surface area contributed by atoms with Gasteiger partial charge in [0.1, 0.15) is 17.2 Å². The van der Waals surface area contributed by atoms with Gasteiger partial charge in [0.2, 0.25) is 5.91 Å². The summed E-state index contributed by atoms with van der Waals surface area (Å²) in [5.41, 5.74) is 1.16. The number of nitrogens with zero attached hydrogens (tertiary/aromatic N) is 2. The summed E-state index contributed by atoms with van der Waals surface area (Å²) in [6, 6.07) is 9.43. The van der Waals surface area contributed by atoms with E-state index in [9.17, 15) is 19.8 Å². The van der Waals surface area contributed by atoms with Gasteiger partial charge in [-0.05, 0) is 56.5 Å². The van der Waals surface area contributed by atoms with Crippen LogP contribution in [0, 0.1) is 0 Å². The van der Waals surface area contributed by atoms with Gasteiger partial charge >= 0.3 is 0 Å². The zero-order chi connectivity index (χ0) is 23.4. The number of nitrogens with one attached hydrogen (secondary N) is 1. The number of hydrogen-bond acceptors (Lipinski definition) is 5. The highest BCUT2D eigenvalue weighted by Gasteiger charge is 2.30. The molecule has 0 bridgehead atoms. The molecule has 2 fully saturated rings. The van der Waals surface area contributed by atoms with Crippen LogP contribution in [0.2, 0.25) is 5.02 Å². The second-order valence-electron chi connectivity index (χ2n) is 8.82. The standard InChI is InChI=1S/C25H30ClN3O4/c26-19-15-21(30)23(22(31)16-19)27-24(32)18-8-6-17(7-9-18)20-5-4-12-29(25(20)33)14-13-28-10-2-1-3-11-28/h6-9,15-16,20,30-31H,1-5,10-14H2,(H,27,32). The summed E-state index contributed by atoms with van der Waals surface area (Å²) < 4.78 is 0. The Morgan fingerprint density at radius 1 is 0.970 bits per heavy atom. The third-order valence-corrected chi connectivity index (χ3v) is 6.76. The maximum absolute atomic E-state index is 13.1. The van der Waals surface area contributed by atoms with Crippen LogP contribution in [-0.2, 0) is 4.79 Å². The maximum Gasteiger partial charge on any atom is 0.255 e. The average Bonchev–Trinajstić information content (AvgIpc) is 2.81. The number of aromatic hydroxyl groups is 2. The zero-order valence-corrected chi connectivity index (χ0v) is 19.4. The Morgan fingerprint density at radius 2 is 1.64 bits per heavy atom. The predicted molar refractivity (Wildman–Crippen MR) is 128 cm³/mol. The molecule has 1 unspecified atom stereocenters. The van der Waals surface area contributed by atoms with Crippen LogP contribution in [-0.4, -0.2) is 64.6 Å². The van der Waals surface area contributed by atoms with Crippen molar-refractivity contribution in [3.63, 3.8) is 0 Å². The first-order valence-electron chi connectivity index (χ1n) is 11.6. The largest absolute Gasteiger partial charge is 0.506 e. The van der Waals surface area contributed by atoms with Gasteiger partial charge in [0.15, 0.2) is 0 Å². The molecule has 7 nitrogen and oxygen atoms in total. The lowest BCUT2D eigenvalue weighted by Crippen LogP contribution is -2.45. The lowest BCUT2D eigenvalue weighted by Gasteiger charge is -2.35. The highest BCUT2D eigenvalue weighted by Crippen LogP contribution is 2.36. The van der Waals surface area contributed by atoms with E-state index in [1.54, 1.807) is 12.1 Å². The topological polar surface area (TPSA) is 93.1 Å². The lowest BCUT2D eigenvalue weighted by molar-refractivity contribution is -0.135. The van der Waals surface area contributed by atoms with Crippen molar-refractivity contribution in [1.82, 2.24) is 9.80 Å². The molecule has 2 heterocycles. The summed E-state index contributed by atoms with van der Waals surface area (Å²) in [4.78, 5) is 30.1. The van der Waals surface area contributed by atoms with Crippen LogP contribution in [0.3, 0.4) is 0 Å². The van der Waals surface area contributed by atoms with E-state index in [1.165, 1.54) is 31.4 Å². The van der Waals surface area contributed by atoms with E-state index < -0.39 is 5.91 Å². The van der Waals surface area contributed by atoms with E-state index in [0.29, 0.717) is 5.56 Å². The molecule has 0 radical (unpaired) electrons. The smallest absolute Gasteiger partial charge is 0.255 e. The second kappa shape index (κ2) is 10.4. The number of likely N-dealkylation sites (tertiary alicyclic amines) is 2. The van der Waals surface area contributed by atoms with Crippen molar-refractivity contribution >= 4 is 29.1 Å². The molecule has 8 heteroatoms. The van der Waals surface area contributed by atoms with E-state index >= 15 is 0 Å². The molecule has 2 aliphatic heterocycles. The summed E-state index contributed by atoms with van der Waals surface area (Å²) in [6.07, 6.45) is 5.56. The van der Waals surface area contributed by atoms with Gasteiger partial charge in [0.05, 0.1) is 5.92 Å². The summed E-state index contributed by atoms with van der Waals surface area (Å²) in [7, 11) is 0. The average molecular weight is 472 g/mol. The first-order chi connectivity index (χ1) is 15.9. The third kappa shape index (κ3) is 5.60. The molecular weight excluding hydrogens is 442 g/mol. The van der Waals surface area contributed by atoms with Crippen LogP contribution in [0.5, 0.6) is 11.5 Å². The number of piperidine rings is 2. The number of halogens is 1. The molecule has 0 aliphatic carbocycles. The molecule has 4 rings (SSSR count). The predicted octanol–water partition coefficient (Wildman–Crippen LogP) is 4.20. The number of carbonyl (C=O) groups excluding carboxylic acids is 2. The summed E-state index contributed by atoms with van der Waals surface area (Å²) in [5, 5.41) is 22.6. The number of rotatable bonds is 6. The SMILES string of the molecule is O=C(Nc1c(O)cc(Cl)cc1O)c1ccc(C2CCCN(CCN3CCCCC3)C2=O)cc1. The van der Waals surface area contributed by atoms with Crippen molar-refractivity contribution in [2.75, 3.05) is 38.0 Å². The Hall–Kier alpha value is -2.77. The van der Waals surface area contributed by atoms with Crippen LogP contribution in [0.4, 0.5) is 5.69 Å². The molecule has 0 aromatic heterocycles. The number of amides is 2. The number of phenolic OH excluding ortho intramolecular Hbond substituents is 2. The van der Waals surface area contributed by atoms with E-state index in [0.717, 1.165) is 51.1 Å². The number of carbonyl (C=O) groups is 2. The minimum absolute atomic E-state index is 0.0970. The highest BCUT2D eigenvalue weighted by molar-refractivity contribution is 6.31. The molecule has 2 amide bonds. The van der Waals surface area contributed by atoms with Crippen molar-refractivity contribution in [2.24, 2.45) is 0 Å². The summed E-state index contributed by atoms with van der Waals surface area (Å²) >= 11 is 5.78. The van der Waals surface area contributed by atoms with Crippen molar-refractivity contribution in [3.05, 3.63) is 52.5 Å². The highest BCUT2D eigenvalue weighted by atomic mass is 35.5. The van der Waals surface area contributed by atoms with Gasteiger partial charge in [0.25, 0.3) is 5.91 Å². The fourth-order valence-electron chi connectivity index (χ4n) is 4.68. The fourth-order valence-corrected chi connectivity index (χ4v) is 4.88. The van der Waals surface area contributed by atoms with Gasteiger partial charge in [-0.2, -0.15) is 0 Å². The minimum Gasteiger partial charge on any atom is -0.506 e. The molecule has 2 saturated heterocycles. The van der Waals surface area contributed by atoms with Crippen LogP contribution in [0.15, 0.2) is 36.4 Å². The van der Waals surface area contributed by atoms with Crippen LogP contribution < -0.4 is 5.32 Å². The maximum atomic E-state index is 13.1. The quantitative estimate of drug-likeness (QED) is 0.549.